The predicted molar refractivity (Wildman–Crippen MR) is 82.9 cm³/mol. The lowest BCUT2D eigenvalue weighted by Crippen LogP contribution is -2.23. The molecule has 0 unspecified atom stereocenters. The number of H-pyrrole nitrogens is 1. The molecule has 4 heteroatoms. The van der Waals surface area contributed by atoms with Crippen LogP contribution in [0.15, 0.2) is 4.79 Å². The fraction of sp³-hybridized carbons (Fsp3) is 0.750. The van der Waals surface area contributed by atoms with Gasteiger partial charge in [0.1, 0.15) is 11.6 Å². The van der Waals surface area contributed by atoms with E-state index >= 15 is 0 Å². The van der Waals surface area contributed by atoms with Crippen molar-refractivity contribution >= 4 is 5.82 Å². The predicted octanol–water partition coefficient (Wildman–Crippen LogP) is 3.38. The molecule has 0 atom stereocenters. The second kappa shape index (κ2) is 6.91. The molecule has 3 N–H and O–H groups in total. The zero-order valence-corrected chi connectivity index (χ0v) is 12.7. The highest BCUT2D eigenvalue weighted by Gasteiger charge is 2.24. The van der Waals surface area contributed by atoms with Crippen LogP contribution in [0.5, 0.6) is 0 Å². The molecule has 4 nitrogen and oxygen atoms in total. The van der Waals surface area contributed by atoms with Gasteiger partial charge in [0.05, 0.1) is 5.56 Å². The molecule has 1 aromatic rings. The Morgan fingerprint density at radius 3 is 2.45 bits per heavy atom. The highest BCUT2D eigenvalue weighted by atomic mass is 16.1. The number of aromatic amines is 1. The standard InChI is InChI=1S/C16H27N3O/c1-3-5-11-7-9-12(10-8-11)15-18-14(17)13(6-4-2)16(20)19-15/h11-12H,3-10H2,1-2H3,(H3,17,18,19,20). The van der Waals surface area contributed by atoms with Crippen LogP contribution in [0.2, 0.25) is 0 Å². The van der Waals surface area contributed by atoms with Gasteiger partial charge < -0.3 is 10.7 Å². The van der Waals surface area contributed by atoms with Crippen LogP contribution in [0, 0.1) is 5.92 Å². The SMILES string of the molecule is CCCc1c(N)nc(C2CCC(CCC)CC2)[nH]c1=O. The van der Waals surface area contributed by atoms with Crippen molar-refractivity contribution in [2.45, 2.75) is 71.1 Å². The molecule has 112 valence electrons. The first-order valence-corrected chi connectivity index (χ1v) is 8.04. The molecule has 1 saturated carbocycles. The second-order valence-corrected chi connectivity index (χ2v) is 6.07. The normalized spacial score (nSPS) is 22.9. The third kappa shape index (κ3) is 3.41. The van der Waals surface area contributed by atoms with Gasteiger partial charge in [0.2, 0.25) is 0 Å². The maximum atomic E-state index is 12.1. The van der Waals surface area contributed by atoms with E-state index in [4.69, 9.17) is 5.73 Å². The minimum atomic E-state index is -0.0370. The van der Waals surface area contributed by atoms with Gasteiger partial charge in [-0.15, -0.1) is 0 Å². The Kier molecular flexibility index (Phi) is 5.21. The van der Waals surface area contributed by atoms with Crippen LogP contribution in [0.1, 0.15) is 76.1 Å². The maximum absolute atomic E-state index is 12.1. The molecule has 1 aromatic heterocycles. The van der Waals surface area contributed by atoms with E-state index in [2.05, 4.69) is 16.9 Å². The van der Waals surface area contributed by atoms with Crippen LogP contribution < -0.4 is 11.3 Å². The summed E-state index contributed by atoms with van der Waals surface area (Å²) in [5.41, 5.74) is 6.57. The van der Waals surface area contributed by atoms with Crippen molar-refractivity contribution in [2.24, 2.45) is 5.92 Å². The summed E-state index contributed by atoms with van der Waals surface area (Å²) in [6.07, 6.45) is 8.96. The van der Waals surface area contributed by atoms with Crippen molar-refractivity contribution in [1.29, 1.82) is 0 Å². The molecule has 1 fully saturated rings. The summed E-state index contributed by atoms with van der Waals surface area (Å²) in [6, 6.07) is 0. The average molecular weight is 277 g/mol. The number of nitrogens with zero attached hydrogens (tertiary/aromatic N) is 1. The largest absolute Gasteiger partial charge is 0.383 e. The molecular formula is C16H27N3O. The molecule has 0 aromatic carbocycles. The Morgan fingerprint density at radius 1 is 1.20 bits per heavy atom. The molecule has 1 heterocycles. The Morgan fingerprint density at radius 2 is 1.90 bits per heavy atom. The van der Waals surface area contributed by atoms with E-state index in [0.717, 1.165) is 31.0 Å². The smallest absolute Gasteiger partial charge is 0.256 e. The lowest BCUT2D eigenvalue weighted by atomic mass is 9.80. The highest BCUT2D eigenvalue weighted by molar-refractivity contribution is 5.38. The number of rotatable bonds is 5. The van der Waals surface area contributed by atoms with Gasteiger partial charge in [0, 0.05) is 5.92 Å². The minimum Gasteiger partial charge on any atom is -0.383 e. The lowest BCUT2D eigenvalue weighted by Gasteiger charge is -2.27. The van der Waals surface area contributed by atoms with Gasteiger partial charge >= 0.3 is 0 Å². The van der Waals surface area contributed by atoms with E-state index < -0.39 is 0 Å². The van der Waals surface area contributed by atoms with Crippen molar-refractivity contribution in [3.05, 3.63) is 21.7 Å². The highest BCUT2D eigenvalue weighted by Crippen LogP contribution is 2.36. The van der Waals surface area contributed by atoms with E-state index in [0.29, 0.717) is 23.7 Å². The van der Waals surface area contributed by atoms with Gasteiger partial charge in [-0.25, -0.2) is 4.98 Å². The van der Waals surface area contributed by atoms with E-state index in [1.54, 1.807) is 0 Å². The van der Waals surface area contributed by atoms with Gasteiger partial charge in [-0.1, -0.05) is 33.1 Å². The van der Waals surface area contributed by atoms with E-state index in [1.165, 1.54) is 25.7 Å². The molecular weight excluding hydrogens is 250 g/mol. The quantitative estimate of drug-likeness (QED) is 0.866. The second-order valence-electron chi connectivity index (χ2n) is 6.07. The third-order valence-corrected chi connectivity index (χ3v) is 4.50. The number of nitrogen functional groups attached to an aromatic ring is 1. The van der Waals surface area contributed by atoms with Crippen LogP contribution in [-0.4, -0.2) is 9.97 Å². The molecule has 2 rings (SSSR count). The zero-order chi connectivity index (χ0) is 14.5. The van der Waals surface area contributed by atoms with Gasteiger partial charge in [-0.05, 0) is 38.0 Å². The van der Waals surface area contributed by atoms with Crippen LogP contribution >= 0.6 is 0 Å². The summed E-state index contributed by atoms with van der Waals surface area (Å²) in [5.74, 6) is 2.48. The number of hydrogen-bond donors (Lipinski definition) is 2. The van der Waals surface area contributed by atoms with E-state index in [1.807, 2.05) is 6.92 Å². The fourth-order valence-corrected chi connectivity index (χ4v) is 3.35. The summed E-state index contributed by atoms with van der Waals surface area (Å²) in [7, 11) is 0. The summed E-state index contributed by atoms with van der Waals surface area (Å²) >= 11 is 0. The van der Waals surface area contributed by atoms with Gasteiger partial charge in [-0.2, -0.15) is 0 Å². The van der Waals surface area contributed by atoms with Crippen LogP contribution in [0.4, 0.5) is 5.82 Å². The summed E-state index contributed by atoms with van der Waals surface area (Å²) in [4.78, 5) is 19.5. The molecule has 20 heavy (non-hydrogen) atoms. The van der Waals surface area contributed by atoms with E-state index in [9.17, 15) is 4.79 Å². The first-order chi connectivity index (χ1) is 9.65. The average Bonchev–Trinajstić information content (AvgIpc) is 2.44. The number of hydrogen-bond acceptors (Lipinski definition) is 3. The number of anilines is 1. The molecule has 0 spiro atoms. The maximum Gasteiger partial charge on any atom is 0.256 e. The zero-order valence-electron chi connectivity index (χ0n) is 12.7. The summed E-state index contributed by atoms with van der Waals surface area (Å²) in [6.45, 7) is 4.29. The van der Waals surface area contributed by atoms with E-state index in [-0.39, 0.29) is 5.56 Å². The first-order valence-electron chi connectivity index (χ1n) is 8.04. The molecule has 0 radical (unpaired) electrons. The van der Waals surface area contributed by atoms with Crippen LogP contribution in [-0.2, 0) is 6.42 Å². The molecule has 0 amide bonds. The Hall–Kier alpha value is -1.32. The molecule has 0 saturated heterocycles. The van der Waals surface area contributed by atoms with Gasteiger partial charge in [-0.3, -0.25) is 4.79 Å². The first kappa shape index (κ1) is 15.1. The molecule has 1 aliphatic rings. The number of nitrogens with two attached hydrogens (primary N) is 1. The van der Waals surface area contributed by atoms with Crippen molar-refractivity contribution in [3.63, 3.8) is 0 Å². The summed E-state index contributed by atoms with van der Waals surface area (Å²) in [5, 5.41) is 0. The topological polar surface area (TPSA) is 71.8 Å². The van der Waals surface area contributed by atoms with Crippen molar-refractivity contribution < 1.29 is 0 Å². The van der Waals surface area contributed by atoms with Crippen LogP contribution in [0.3, 0.4) is 0 Å². The fourth-order valence-electron chi connectivity index (χ4n) is 3.35. The van der Waals surface area contributed by atoms with Gasteiger partial charge in [0.15, 0.2) is 0 Å². The molecule has 0 aliphatic heterocycles. The summed E-state index contributed by atoms with van der Waals surface area (Å²) < 4.78 is 0. The number of aromatic nitrogens is 2. The molecule has 0 bridgehead atoms. The van der Waals surface area contributed by atoms with Gasteiger partial charge in [0.25, 0.3) is 5.56 Å². The number of nitrogens with one attached hydrogen (secondary N) is 1. The van der Waals surface area contributed by atoms with Crippen molar-refractivity contribution in [3.8, 4) is 0 Å². The monoisotopic (exact) mass is 277 g/mol. The minimum absolute atomic E-state index is 0.0370. The third-order valence-electron chi connectivity index (χ3n) is 4.50. The lowest BCUT2D eigenvalue weighted by molar-refractivity contribution is 0.302. The Labute approximate surface area is 121 Å². The van der Waals surface area contributed by atoms with Crippen molar-refractivity contribution in [2.75, 3.05) is 5.73 Å². The molecule has 1 aliphatic carbocycles. The Bertz CT molecular complexity index is 487. The van der Waals surface area contributed by atoms with Crippen LogP contribution in [0.25, 0.3) is 0 Å². The Balaban J connectivity index is 2.09. The van der Waals surface area contributed by atoms with Crippen molar-refractivity contribution in [1.82, 2.24) is 9.97 Å².